The van der Waals surface area contributed by atoms with Crippen molar-refractivity contribution in [2.75, 3.05) is 23.4 Å². The van der Waals surface area contributed by atoms with Gasteiger partial charge in [-0.15, -0.1) is 11.3 Å². The minimum atomic E-state index is -3.45. The van der Waals surface area contributed by atoms with Gasteiger partial charge in [-0.05, 0) is 31.2 Å². The Bertz CT molecular complexity index is 1180. The van der Waals surface area contributed by atoms with Gasteiger partial charge < -0.3 is 10.1 Å². The van der Waals surface area contributed by atoms with Crippen LogP contribution in [-0.4, -0.2) is 32.7 Å². The number of sulfonamides is 1. The lowest BCUT2D eigenvalue weighted by atomic mass is 10.2. The minimum Gasteiger partial charge on any atom is -0.494 e. The van der Waals surface area contributed by atoms with Gasteiger partial charge in [0.2, 0.25) is 10.0 Å². The van der Waals surface area contributed by atoms with Crippen LogP contribution in [-0.2, 0) is 10.0 Å². The first-order valence-electron chi connectivity index (χ1n) is 8.37. The van der Waals surface area contributed by atoms with E-state index in [1.807, 2.05) is 12.1 Å². The summed E-state index contributed by atoms with van der Waals surface area (Å²) < 4.78 is 30.5. The van der Waals surface area contributed by atoms with Gasteiger partial charge in [-0.1, -0.05) is 23.7 Å². The first kappa shape index (κ1) is 21.1. The smallest absolute Gasteiger partial charge is 0.267 e. The van der Waals surface area contributed by atoms with Crippen LogP contribution in [0.15, 0.2) is 42.5 Å². The van der Waals surface area contributed by atoms with Crippen molar-refractivity contribution in [2.45, 2.75) is 6.92 Å². The van der Waals surface area contributed by atoms with Crippen molar-refractivity contribution in [3.05, 3.63) is 58.1 Å². The Labute approximate surface area is 177 Å². The molecule has 1 heterocycles. The molecule has 0 saturated carbocycles. The molecule has 29 heavy (non-hydrogen) atoms. The summed E-state index contributed by atoms with van der Waals surface area (Å²) in [4.78, 5) is 17.7. The Morgan fingerprint density at radius 1 is 1.21 bits per heavy atom. The molecule has 0 aliphatic rings. The van der Waals surface area contributed by atoms with Crippen molar-refractivity contribution in [3.8, 4) is 16.3 Å². The van der Waals surface area contributed by atoms with E-state index in [-0.39, 0.29) is 17.3 Å². The Morgan fingerprint density at radius 3 is 2.62 bits per heavy atom. The molecule has 1 aromatic heterocycles. The molecule has 0 bridgehead atoms. The zero-order valence-corrected chi connectivity index (χ0v) is 18.2. The molecule has 0 unspecified atom stereocenters. The van der Waals surface area contributed by atoms with Crippen LogP contribution in [0.3, 0.4) is 0 Å². The second-order valence-electron chi connectivity index (χ2n) is 6.19. The molecule has 7 nitrogen and oxygen atoms in total. The molecule has 0 spiro atoms. The van der Waals surface area contributed by atoms with Crippen molar-refractivity contribution in [1.82, 2.24) is 4.98 Å². The number of nitrogens with zero attached hydrogens (tertiary/aromatic N) is 1. The van der Waals surface area contributed by atoms with Crippen molar-refractivity contribution >= 4 is 50.2 Å². The summed E-state index contributed by atoms with van der Waals surface area (Å²) >= 11 is 7.30. The van der Waals surface area contributed by atoms with E-state index in [9.17, 15) is 13.2 Å². The topological polar surface area (TPSA) is 97.4 Å². The summed E-state index contributed by atoms with van der Waals surface area (Å²) in [6.45, 7) is 1.76. The van der Waals surface area contributed by atoms with Gasteiger partial charge in [0.05, 0.1) is 24.7 Å². The number of nitrogens with one attached hydrogen (secondary N) is 2. The molecule has 2 N–H and O–H groups in total. The highest BCUT2D eigenvalue weighted by atomic mass is 35.5. The van der Waals surface area contributed by atoms with Crippen molar-refractivity contribution in [1.29, 1.82) is 0 Å². The molecule has 0 fully saturated rings. The molecule has 3 aromatic rings. The average molecular weight is 452 g/mol. The number of benzene rings is 2. The third-order valence-electron chi connectivity index (χ3n) is 3.83. The molecule has 0 radical (unpaired) electrons. The van der Waals surface area contributed by atoms with Crippen LogP contribution in [0.5, 0.6) is 5.75 Å². The van der Waals surface area contributed by atoms with Gasteiger partial charge in [0.25, 0.3) is 5.91 Å². The second kappa shape index (κ2) is 8.40. The van der Waals surface area contributed by atoms with E-state index in [4.69, 9.17) is 16.3 Å². The van der Waals surface area contributed by atoms with E-state index in [1.54, 1.807) is 31.2 Å². The summed E-state index contributed by atoms with van der Waals surface area (Å²) in [5.41, 5.74) is 2.18. The fourth-order valence-corrected chi connectivity index (χ4v) is 4.31. The lowest BCUT2D eigenvalue weighted by Gasteiger charge is -2.12. The van der Waals surface area contributed by atoms with E-state index in [1.165, 1.54) is 24.5 Å². The number of anilines is 2. The van der Waals surface area contributed by atoms with Crippen LogP contribution in [0.4, 0.5) is 11.4 Å². The lowest BCUT2D eigenvalue weighted by molar-refractivity contribution is 0.103. The molecule has 0 atom stereocenters. The number of halogens is 1. The van der Waals surface area contributed by atoms with Crippen molar-refractivity contribution in [2.24, 2.45) is 0 Å². The fraction of sp³-hybridized carbons (Fsp3) is 0.158. The Kier molecular flexibility index (Phi) is 6.11. The van der Waals surface area contributed by atoms with Gasteiger partial charge >= 0.3 is 0 Å². The van der Waals surface area contributed by atoms with Gasteiger partial charge in [0.1, 0.15) is 15.6 Å². The molecule has 152 valence electrons. The van der Waals surface area contributed by atoms with E-state index >= 15 is 0 Å². The number of hydrogen-bond donors (Lipinski definition) is 2. The maximum absolute atomic E-state index is 12.7. The number of carbonyl (C=O) groups excluding carboxylic acids is 1. The summed E-state index contributed by atoms with van der Waals surface area (Å²) in [6.07, 6.45) is 1.05. The number of carbonyl (C=O) groups is 1. The third-order valence-corrected chi connectivity index (χ3v) is 5.86. The predicted octanol–water partition coefficient (Wildman–Crippen LogP) is 4.40. The summed E-state index contributed by atoms with van der Waals surface area (Å²) in [5.74, 6) is -0.0342. The maximum atomic E-state index is 12.7. The van der Waals surface area contributed by atoms with Crippen LogP contribution in [0.1, 0.15) is 15.4 Å². The Balaban J connectivity index is 1.83. The van der Waals surface area contributed by atoms with Gasteiger partial charge in [-0.3, -0.25) is 9.52 Å². The zero-order valence-electron chi connectivity index (χ0n) is 15.8. The van der Waals surface area contributed by atoms with Crippen molar-refractivity contribution in [3.63, 3.8) is 0 Å². The summed E-state index contributed by atoms with van der Waals surface area (Å²) in [5, 5.41) is 4.08. The molecule has 10 heteroatoms. The van der Waals surface area contributed by atoms with E-state index < -0.39 is 10.0 Å². The first-order chi connectivity index (χ1) is 13.7. The van der Waals surface area contributed by atoms with Gasteiger partial charge in [0, 0.05) is 22.3 Å². The standard InChI is InChI=1S/C19H18ClN3O4S2/c1-11-17(28-19(21-11)12-5-4-6-13(20)9-12)18(24)22-14-7-8-15(16(10-14)27-2)23-29(3,25)26/h4-10,23H,1-3H3,(H,22,24). The van der Waals surface area contributed by atoms with E-state index in [0.29, 0.717) is 26.3 Å². The van der Waals surface area contributed by atoms with Gasteiger partial charge in [0.15, 0.2) is 0 Å². The molecule has 2 aromatic carbocycles. The Hall–Kier alpha value is -2.62. The van der Waals surface area contributed by atoms with Crippen LogP contribution >= 0.6 is 22.9 Å². The molecule has 0 saturated heterocycles. The van der Waals surface area contributed by atoms with Crippen LogP contribution in [0.25, 0.3) is 10.6 Å². The molecular formula is C19H18ClN3O4S2. The number of rotatable bonds is 6. The molecule has 1 amide bonds. The number of hydrogen-bond acceptors (Lipinski definition) is 6. The number of aryl methyl sites for hydroxylation is 1. The Morgan fingerprint density at radius 2 is 1.97 bits per heavy atom. The first-order valence-corrected chi connectivity index (χ1v) is 11.5. The lowest BCUT2D eigenvalue weighted by Crippen LogP contribution is -2.13. The SMILES string of the molecule is COc1cc(NC(=O)c2sc(-c3cccc(Cl)c3)nc2C)ccc1NS(C)(=O)=O. The monoisotopic (exact) mass is 451 g/mol. The van der Waals surface area contributed by atoms with Crippen LogP contribution in [0, 0.1) is 6.92 Å². The highest BCUT2D eigenvalue weighted by molar-refractivity contribution is 7.92. The van der Waals surface area contributed by atoms with Crippen molar-refractivity contribution < 1.29 is 17.9 Å². The summed E-state index contributed by atoms with van der Waals surface area (Å²) in [7, 11) is -2.04. The van der Waals surface area contributed by atoms with Crippen LogP contribution < -0.4 is 14.8 Å². The zero-order chi connectivity index (χ0) is 21.2. The fourth-order valence-electron chi connectivity index (χ4n) is 2.59. The largest absolute Gasteiger partial charge is 0.494 e. The number of methoxy groups -OCH3 is 1. The minimum absolute atomic E-state index is 0.283. The molecular weight excluding hydrogens is 434 g/mol. The quantitative estimate of drug-likeness (QED) is 0.578. The number of ether oxygens (including phenoxy) is 1. The van der Waals surface area contributed by atoms with Gasteiger partial charge in [-0.2, -0.15) is 0 Å². The summed E-state index contributed by atoms with van der Waals surface area (Å²) in [6, 6.07) is 11.9. The number of aromatic nitrogens is 1. The number of thiazole rings is 1. The van der Waals surface area contributed by atoms with Gasteiger partial charge in [-0.25, -0.2) is 13.4 Å². The molecule has 3 rings (SSSR count). The predicted molar refractivity (Wildman–Crippen MR) is 117 cm³/mol. The third kappa shape index (κ3) is 5.26. The van der Waals surface area contributed by atoms with E-state index in [0.717, 1.165) is 11.8 Å². The molecule has 0 aliphatic carbocycles. The average Bonchev–Trinajstić information content (AvgIpc) is 3.04. The van der Waals surface area contributed by atoms with Crippen LogP contribution in [0.2, 0.25) is 5.02 Å². The van der Waals surface area contributed by atoms with E-state index in [2.05, 4.69) is 15.0 Å². The highest BCUT2D eigenvalue weighted by Gasteiger charge is 2.17. The highest BCUT2D eigenvalue weighted by Crippen LogP contribution is 2.32. The number of amides is 1. The normalized spacial score (nSPS) is 11.2. The maximum Gasteiger partial charge on any atom is 0.267 e. The molecule has 0 aliphatic heterocycles. The second-order valence-corrected chi connectivity index (χ2v) is 9.37.